The van der Waals surface area contributed by atoms with Crippen molar-refractivity contribution in [3.63, 3.8) is 0 Å². The Balaban J connectivity index is 1.34. The van der Waals surface area contributed by atoms with E-state index in [2.05, 4.69) is 33.6 Å². The van der Waals surface area contributed by atoms with Gasteiger partial charge in [0.1, 0.15) is 0 Å². The molecule has 0 radical (unpaired) electrons. The molecule has 27 heavy (non-hydrogen) atoms. The van der Waals surface area contributed by atoms with Crippen LogP contribution in [0.3, 0.4) is 0 Å². The van der Waals surface area contributed by atoms with Crippen LogP contribution in [0.5, 0.6) is 0 Å². The Morgan fingerprint density at radius 2 is 2.00 bits per heavy atom. The van der Waals surface area contributed by atoms with E-state index in [1.54, 1.807) is 12.1 Å². The van der Waals surface area contributed by atoms with E-state index in [9.17, 15) is 5.11 Å². The monoisotopic (exact) mass is 384 g/mol. The van der Waals surface area contributed by atoms with E-state index < -0.39 is 6.10 Å². The minimum atomic E-state index is -0.702. The molecule has 1 aliphatic rings. The molecule has 4 rings (SSSR count). The third kappa shape index (κ3) is 4.35. The minimum Gasteiger partial charge on any atom is -0.389 e. The summed E-state index contributed by atoms with van der Waals surface area (Å²) in [5, 5.41) is 23.3. The Kier molecular flexibility index (Phi) is 5.48. The fourth-order valence-corrected chi connectivity index (χ4v) is 3.51. The number of tetrazole rings is 1. The summed E-state index contributed by atoms with van der Waals surface area (Å²) in [6, 6.07) is 15.6. The summed E-state index contributed by atoms with van der Waals surface area (Å²) in [5.41, 5.74) is 3.41. The van der Waals surface area contributed by atoms with Crippen molar-refractivity contribution >= 4 is 11.6 Å². The molecular formula is C20H21ClN4O2. The number of hydrogen-bond acceptors (Lipinski definition) is 5. The van der Waals surface area contributed by atoms with E-state index in [4.69, 9.17) is 16.3 Å². The van der Waals surface area contributed by atoms with Crippen LogP contribution in [0.25, 0.3) is 11.4 Å². The van der Waals surface area contributed by atoms with Gasteiger partial charge in [-0.25, -0.2) is 0 Å². The second kappa shape index (κ2) is 8.17. The van der Waals surface area contributed by atoms with Crippen LogP contribution in [0.15, 0.2) is 48.5 Å². The van der Waals surface area contributed by atoms with Gasteiger partial charge in [0.2, 0.25) is 5.82 Å². The fraction of sp³-hybridized carbons (Fsp3) is 0.350. The first-order valence-electron chi connectivity index (χ1n) is 9.10. The molecule has 1 aromatic heterocycles. The molecule has 140 valence electrons. The van der Waals surface area contributed by atoms with Gasteiger partial charge < -0.3 is 9.84 Å². The number of aliphatic hydroxyl groups excluding tert-OH is 1. The van der Waals surface area contributed by atoms with Crippen molar-refractivity contribution in [1.29, 1.82) is 0 Å². The number of aromatic nitrogens is 4. The molecule has 7 heteroatoms. The summed E-state index contributed by atoms with van der Waals surface area (Å²) in [4.78, 5) is 1.40. The summed E-state index contributed by atoms with van der Waals surface area (Å²) in [5.74, 6) is 0.501. The summed E-state index contributed by atoms with van der Waals surface area (Å²) >= 11 is 5.89. The van der Waals surface area contributed by atoms with Crippen LogP contribution >= 0.6 is 11.6 Å². The molecule has 6 nitrogen and oxygen atoms in total. The van der Waals surface area contributed by atoms with Gasteiger partial charge in [-0.1, -0.05) is 35.9 Å². The van der Waals surface area contributed by atoms with Crippen LogP contribution in [0.2, 0.25) is 5.02 Å². The lowest BCUT2D eigenvalue weighted by atomic mass is 9.89. The maximum atomic E-state index is 10.3. The zero-order chi connectivity index (χ0) is 18.6. The predicted octanol–water partition coefficient (Wildman–Crippen LogP) is 3.45. The van der Waals surface area contributed by atoms with E-state index >= 15 is 0 Å². The lowest BCUT2D eigenvalue weighted by molar-refractivity contribution is -0.0249. The fourth-order valence-electron chi connectivity index (χ4n) is 3.39. The first-order chi connectivity index (χ1) is 13.2. The number of aliphatic hydroxyl groups is 1. The largest absolute Gasteiger partial charge is 0.389 e. The SMILES string of the molecule is O[C@H](CO[C@H]1CCCc2ccccc21)Cn1nnc(-c2ccc(Cl)cc2)n1. The highest BCUT2D eigenvalue weighted by Gasteiger charge is 2.21. The number of halogens is 1. The normalized spacial score (nSPS) is 17.5. The minimum absolute atomic E-state index is 0.0398. The molecule has 0 unspecified atom stereocenters. The van der Waals surface area contributed by atoms with Crippen LogP contribution in [0.1, 0.15) is 30.1 Å². The Morgan fingerprint density at radius 1 is 1.19 bits per heavy atom. The average Bonchev–Trinajstić information content (AvgIpc) is 3.15. The molecule has 1 aliphatic carbocycles. The maximum Gasteiger partial charge on any atom is 0.204 e. The number of aryl methyl sites for hydroxylation is 1. The van der Waals surface area contributed by atoms with Crippen molar-refractivity contribution < 1.29 is 9.84 Å². The molecule has 1 N–H and O–H groups in total. The highest BCUT2D eigenvalue weighted by molar-refractivity contribution is 6.30. The molecule has 0 saturated carbocycles. The second-order valence-corrected chi connectivity index (χ2v) is 7.18. The highest BCUT2D eigenvalue weighted by Crippen LogP contribution is 2.32. The van der Waals surface area contributed by atoms with Crippen molar-refractivity contribution in [3.8, 4) is 11.4 Å². The number of nitrogens with zero attached hydrogens (tertiary/aromatic N) is 4. The molecule has 0 saturated heterocycles. The summed E-state index contributed by atoms with van der Waals surface area (Å²) in [6.45, 7) is 0.464. The molecule has 2 aromatic carbocycles. The maximum absolute atomic E-state index is 10.3. The van der Waals surface area contributed by atoms with Crippen molar-refractivity contribution in [2.75, 3.05) is 6.61 Å². The quantitative estimate of drug-likeness (QED) is 0.704. The van der Waals surface area contributed by atoms with E-state index in [-0.39, 0.29) is 19.3 Å². The van der Waals surface area contributed by atoms with Gasteiger partial charge in [-0.3, -0.25) is 0 Å². The van der Waals surface area contributed by atoms with Crippen LogP contribution in [-0.2, 0) is 17.7 Å². The summed E-state index contributed by atoms with van der Waals surface area (Å²) < 4.78 is 5.99. The van der Waals surface area contributed by atoms with Gasteiger partial charge in [0.05, 0.1) is 25.4 Å². The van der Waals surface area contributed by atoms with Crippen LogP contribution < -0.4 is 0 Å². The predicted molar refractivity (Wildman–Crippen MR) is 102 cm³/mol. The number of benzene rings is 2. The van der Waals surface area contributed by atoms with Crippen molar-refractivity contribution in [2.45, 2.75) is 38.0 Å². The van der Waals surface area contributed by atoms with Gasteiger partial charge in [0.25, 0.3) is 0 Å². The van der Waals surface area contributed by atoms with E-state index in [1.807, 2.05) is 18.2 Å². The Hall–Kier alpha value is -2.28. The first kappa shape index (κ1) is 18.1. The lowest BCUT2D eigenvalue weighted by Crippen LogP contribution is -2.25. The van der Waals surface area contributed by atoms with Gasteiger partial charge in [-0.05, 0) is 59.9 Å². The molecule has 0 amide bonds. The van der Waals surface area contributed by atoms with E-state index in [1.165, 1.54) is 15.9 Å². The van der Waals surface area contributed by atoms with Crippen LogP contribution in [-0.4, -0.2) is 38.0 Å². The van der Waals surface area contributed by atoms with Crippen molar-refractivity contribution in [1.82, 2.24) is 20.2 Å². The van der Waals surface area contributed by atoms with Crippen molar-refractivity contribution in [2.24, 2.45) is 0 Å². The zero-order valence-electron chi connectivity index (χ0n) is 14.8. The van der Waals surface area contributed by atoms with Crippen LogP contribution in [0.4, 0.5) is 0 Å². The molecule has 0 aliphatic heterocycles. The molecule has 0 bridgehead atoms. The standard InChI is InChI=1S/C20H21ClN4O2/c21-16-10-8-15(9-11-16)20-22-24-25(23-20)12-17(26)13-27-19-7-3-5-14-4-1-2-6-18(14)19/h1-2,4,6,8-11,17,19,26H,3,5,7,12-13H2/t17-,19-/m0/s1. The number of ether oxygens (including phenoxy) is 1. The molecule has 3 aromatic rings. The molecule has 1 heterocycles. The first-order valence-corrected chi connectivity index (χ1v) is 9.48. The smallest absolute Gasteiger partial charge is 0.204 e. The Morgan fingerprint density at radius 3 is 2.85 bits per heavy atom. The van der Waals surface area contributed by atoms with Gasteiger partial charge in [-0.15, -0.1) is 10.2 Å². The Labute approximate surface area is 162 Å². The van der Waals surface area contributed by atoms with Gasteiger partial charge in [0.15, 0.2) is 0 Å². The Bertz CT molecular complexity index is 897. The van der Waals surface area contributed by atoms with Crippen LogP contribution in [0, 0.1) is 0 Å². The third-order valence-electron chi connectivity index (χ3n) is 4.73. The van der Waals surface area contributed by atoms with E-state index in [0.29, 0.717) is 10.8 Å². The zero-order valence-corrected chi connectivity index (χ0v) is 15.6. The molecule has 0 spiro atoms. The molecular weight excluding hydrogens is 364 g/mol. The average molecular weight is 385 g/mol. The van der Waals surface area contributed by atoms with Gasteiger partial charge in [0, 0.05) is 10.6 Å². The van der Waals surface area contributed by atoms with E-state index in [0.717, 1.165) is 24.8 Å². The van der Waals surface area contributed by atoms with Crippen molar-refractivity contribution in [3.05, 3.63) is 64.7 Å². The summed E-state index contributed by atoms with van der Waals surface area (Å²) in [7, 11) is 0. The van der Waals surface area contributed by atoms with Gasteiger partial charge >= 0.3 is 0 Å². The second-order valence-electron chi connectivity index (χ2n) is 6.74. The lowest BCUT2D eigenvalue weighted by Gasteiger charge is -2.26. The van der Waals surface area contributed by atoms with Gasteiger partial charge in [-0.2, -0.15) is 4.80 Å². The molecule has 0 fully saturated rings. The number of hydrogen-bond donors (Lipinski definition) is 1. The molecule has 2 atom stereocenters. The number of fused-ring (bicyclic) bond motifs is 1. The number of rotatable bonds is 6. The third-order valence-corrected chi connectivity index (χ3v) is 4.99. The highest BCUT2D eigenvalue weighted by atomic mass is 35.5. The summed E-state index contributed by atoms with van der Waals surface area (Å²) in [6.07, 6.45) is 2.51. The topological polar surface area (TPSA) is 73.1 Å².